The van der Waals surface area contributed by atoms with Crippen molar-refractivity contribution < 1.29 is 108 Å². The zero-order valence-corrected chi connectivity index (χ0v) is 43.3. The van der Waals surface area contributed by atoms with Gasteiger partial charge in [-0.2, -0.15) is 4.98 Å². The maximum Gasteiger partial charge on any atom is 0.313 e. The van der Waals surface area contributed by atoms with Gasteiger partial charge in [0, 0.05) is 21.3 Å². The SMILES string of the molecule is CNc1ncnc2c1ncn2[C@@H]1O[C@H](COP(=O)([O-])OP(=O)([O-])OP(=O)([O-])OC[C@H]2O[C@@H]([n+]3cn(C)c4c(=O)[nH]c(N)nc43)C(O)[C@H]2OC)C(OP(=O)([O-])OC[C@H]2O[C@@H](n3cnc4c(=O)[nH]c(N)nc43)[C@@H](O)C2O)[C@@H]1OC. The molecule has 6 aromatic heterocycles. The number of nitrogens with one attached hydrogen (secondary N) is 3. The van der Waals surface area contributed by atoms with Gasteiger partial charge in [0.2, 0.25) is 17.7 Å². The lowest BCUT2D eigenvalue weighted by Gasteiger charge is -2.35. The Hall–Kier alpha value is -5.15. The molecule has 7 unspecified atom stereocenters. The molecule has 0 saturated carbocycles. The highest BCUT2D eigenvalue weighted by molar-refractivity contribution is 7.65. The Morgan fingerprint density at radius 3 is 1.92 bits per heavy atom. The van der Waals surface area contributed by atoms with Gasteiger partial charge in [0.1, 0.15) is 66.8 Å². The Morgan fingerprint density at radius 1 is 0.701 bits per heavy atom. The molecule has 9 heterocycles. The summed E-state index contributed by atoms with van der Waals surface area (Å²) in [6.45, 7) is -3.55. The monoisotopic (exact) mass is 1170 g/mol. The van der Waals surface area contributed by atoms with Gasteiger partial charge in [-0.3, -0.25) is 51.5 Å². The smallest absolute Gasteiger partial charge is 0.313 e. The first-order valence-corrected chi connectivity index (χ1v) is 27.8. The third kappa shape index (κ3) is 11.4. The number of aromatic nitrogens is 12. The van der Waals surface area contributed by atoms with Crippen LogP contribution in [0.5, 0.6) is 0 Å². The first-order chi connectivity index (χ1) is 36.2. The van der Waals surface area contributed by atoms with E-state index in [1.807, 2.05) is 0 Å². The Labute approximate surface area is 428 Å². The molecular formula is C34H44N15O24P4-3. The van der Waals surface area contributed by atoms with E-state index < -0.39 is 136 Å². The van der Waals surface area contributed by atoms with Crippen LogP contribution in [0.2, 0.25) is 0 Å². The summed E-state index contributed by atoms with van der Waals surface area (Å²) in [6, 6.07) is 0. The van der Waals surface area contributed by atoms with Crippen LogP contribution in [0.1, 0.15) is 18.7 Å². The largest absolute Gasteiger partial charge is 0.756 e. The van der Waals surface area contributed by atoms with Crippen LogP contribution in [0, 0.1) is 0 Å². The number of phosphoric acid groups is 4. The van der Waals surface area contributed by atoms with Crippen LogP contribution in [0.15, 0.2) is 34.9 Å². The Morgan fingerprint density at radius 2 is 1.27 bits per heavy atom. The number of nitrogens with two attached hydrogens (primary N) is 2. The quantitative estimate of drug-likeness (QED) is 0.0246. The number of hydrogen-bond donors (Lipinski definition) is 8. The Kier molecular flexibility index (Phi) is 15.8. The summed E-state index contributed by atoms with van der Waals surface area (Å²) in [7, 11) is -19.6. The van der Waals surface area contributed by atoms with Gasteiger partial charge in [-0.1, -0.05) is 4.98 Å². The second-order valence-corrected chi connectivity index (χ2v) is 22.7. The van der Waals surface area contributed by atoms with E-state index in [1.54, 1.807) is 0 Å². The minimum absolute atomic E-state index is 0.000620. The van der Waals surface area contributed by atoms with Crippen molar-refractivity contribution in [2.45, 2.75) is 73.6 Å². The third-order valence-electron chi connectivity index (χ3n) is 12.0. The number of hydrogen-bond acceptors (Lipinski definition) is 33. The molecule has 3 aliphatic heterocycles. The highest BCUT2D eigenvalue weighted by Crippen LogP contribution is 2.63. The molecule has 9 rings (SSSR count). The van der Waals surface area contributed by atoms with Crippen molar-refractivity contribution in [1.29, 1.82) is 0 Å². The Bertz CT molecular complexity index is 3510. The van der Waals surface area contributed by atoms with Crippen LogP contribution in [0.3, 0.4) is 0 Å². The maximum absolute atomic E-state index is 13.6. The second kappa shape index (κ2) is 21.5. The lowest BCUT2D eigenvalue weighted by atomic mass is 10.1. The molecule has 0 aliphatic carbocycles. The van der Waals surface area contributed by atoms with E-state index in [0.717, 1.165) is 31.4 Å². The molecule has 77 heavy (non-hydrogen) atoms. The number of aliphatic hydroxyl groups is 3. The molecule has 3 saturated heterocycles. The normalized spacial score (nSPS) is 30.0. The van der Waals surface area contributed by atoms with Crippen LogP contribution in [-0.4, -0.2) is 165 Å². The number of ether oxygens (including phenoxy) is 5. The molecule has 3 aliphatic rings. The molecule has 0 aromatic carbocycles. The zero-order valence-electron chi connectivity index (χ0n) is 39.7. The third-order valence-corrected chi connectivity index (χ3v) is 17.1. The highest BCUT2D eigenvalue weighted by atomic mass is 31.3. The fourth-order valence-corrected chi connectivity index (χ4v) is 13.0. The molecule has 16 atom stereocenters. The number of aryl methyl sites for hydroxylation is 1. The van der Waals surface area contributed by atoms with Crippen LogP contribution in [0.25, 0.3) is 33.5 Å². The van der Waals surface area contributed by atoms with E-state index in [9.17, 15) is 62.7 Å². The van der Waals surface area contributed by atoms with Crippen molar-refractivity contribution in [3.8, 4) is 0 Å². The molecule has 3 fully saturated rings. The van der Waals surface area contributed by atoms with Crippen molar-refractivity contribution >= 4 is 82.5 Å². The maximum atomic E-state index is 13.6. The fourth-order valence-electron chi connectivity index (χ4n) is 8.70. The molecular weight excluding hydrogens is 1130 g/mol. The van der Waals surface area contributed by atoms with Crippen molar-refractivity contribution in [2.24, 2.45) is 7.05 Å². The first kappa shape index (κ1) is 56.6. The zero-order chi connectivity index (χ0) is 55.7. The van der Waals surface area contributed by atoms with Gasteiger partial charge >= 0.3 is 5.65 Å². The minimum Gasteiger partial charge on any atom is -0.756 e. The summed E-state index contributed by atoms with van der Waals surface area (Å²) in [5, 5.41) is 35.6. The van der Waals surface area contributed by atoms with Gasteiger partial charge in [0.15, 0.2) is 41.4 Å². The number of H-pyrrole nitrogens is 2. The van der Waals surface area contributed by atoms with Gasteiger partial charge in [-0.25, -0.2) is 33.1 Å². The fraction of sp³-hybridized carbons (Fsp3) is 0.559. The van der Waals surface area contributed by atoms with Gasteiger partial charge in [0.05, 0.1) is 39.5 Å². The van der Waals surface area contributed by atoms with E-state index in [-0.39, 0.29) is 51.2 Å². The second-order valence-electron chi connectivity index (χ2n) is 16.8. The summed E-state index contributed by atoms with van der Waals surface area (Å²) in [5.74, 6) is -0.394. The number of aliphatic hydroxyl groups excluding tert-OH is 3. The lowest BCUT2D eigenvalue weighted by Crippen LogP contribution is -2.46. The number of nitrogens with zero attached hydrogens (tertiary/aromatic N) is 10. The number of rotatable bonds is 21. The van der Waals surface area contributed by atoms with E-state index >= 15 is 0 Å². The molecule has 6 aromatic rings. The van der Waals surface area contributed by atoms with Crippen molar-refractivity contribution in [1.82, 2.24) is 53.6 Å². The molecule has 422 valence electrons. The number of fused-ring (bicyclic) bond motifs is 3. The summed E-state index contributed by atoms with van der Waals surface area (Å²) < 4.78 is 113. The summed E-state index contributed by atoms with van der Waals surface area (Å²) in [4.78, 5) is 106. The van der Waals surface area contributed by atoms with Gasteiger partial charge in [-0.15, -0.1) is 0 Å². The highest BCUT2D eigenvalue weighted by Gasteiger charge is 2.52. The molecule has 0 bridgehead atoms. The number of nitrogen functional groups attached to an aromatic ring is 2. The lowest BCUT2D eigenvalue weighted by molar-refractivity contribution is -0.745. The van der Waals surface area contributed by atoms with Crippen molar-refractivity contribution in [3.63, 3.8) is 0 Å². The predicted molar refractivity (Wildman–Crippen MR) is 240 cm³/mol. The van der Waals surface area contributed by atoms with E-state index in [4.69, 9.17) is 48.7 Å². The number of anilines is 3. The average molecular weight is 1170 g/mol. The summed E-state index contributed by atoms with van der Waals surface area (Å²) >= 11 is 0. The number of methoxy groups -OCH3 is 2. The molecule has 10 N–H and O–H groups in total. The number of aromatic amines is 2. The van der Waals surface area contributed by atoms with Crippen LogP contribution >= 0.6 is 31.3 Å². The molecule has 0 spiro atoms. The average Bonchev–Trinajstić information content (AvgIpc) is 4.21. The van der Waals surface area contributed by atoms with E-state index in [0.29, 0.717) is 0 Å². The summed E-state index contributed by atoms with van der Waals surface area (Å²) in [6.07, 6.45) is -15.1. The Balaban J connectivity index is 0.872. The molecule has 43 heteroatoms. The van der Waals surface area contributed by atoms with Crippen molar-refractivity contribution in [2.75, 3.05) is 57.9 Å². The topological polar surface area (TPSA) is 549 Å². The van der Waals surface area contributed by atoms with Crippen LogP contribution in [-0.2, 0) is 75.7 Å². The van der Waals surface area contributed by atoms with E-state index in [1.165, 1.54) is 40.5 Å². The number of imidazole rings is 3. The first-order valence-electron chi connectivity index (χ1n) is 21.9. The van der Waals surface area contributed by atoms with Crippen molar-refractivity contribution in [3.05, 3.63) is 46.0 Å². The molecule has 0 radical (unpaired) electrons. The predicted octanol–water partition coefficient (Wildman–Crippen LogP) is -6.13. The van der Waals surface area contributed by atoms with Crippen LogP contribution in [0.4, 0.5) is 17.7 Å². The minimum atomic E-state index is -6.56. The van der Waals surface area contributed by atoms with Gasteiger partial charge in [-0.05, 0) is 0 Å². The number of phosphoric ester groups is 3. The van der Waals surface area contributed by atoms with E-state index in [2.05, 4.69) is 58.3 Å². The standard InChI is InChI=1S/C34H47N15O24P4/c1-37-24-15-25(39-8-38-24)47(9-40-15)32-23(64-4)22(71-74(55,56)65-5-12-18(50)19(51)30(68-12)48-10-41-16-26(48)42-33(35)44-28(16)53)14(70-32)7-67-76(59,60)73-77(61,62)72-75(57,58)66-6-13-21(63-3)20(52)31(69-13)49-11-46(2)17-27(49)43-34(36)45-29(17)54/h8-14,18-23,30-32,50-52H,5-7H2,1-4H3,(H10-,35,36,37,38,39,42,43,44,45,53,54,55,56,57,58,59,60,61,62)/p-3/t12-,13-,14-,18?,19+,20?,21+,22?,23+,30-,31-,32-/m1/s1. The molecule has 39 nitrogen and oxygen atoms in total. The molecule has 0 amide bonds. The van der Waals surface area contributed by atoms with Gasteiger partial charge in [0.25, 0.3) is 48.4 Å². The van der Waals surface area contributed by atoms with Crippen LogP contribution < -0.4 is 52.0 Å². The van der Waals surface area contributed by atoms with Gasteiger partial charge < -0.3 is 93.5 Å². The summed E-state index contributed by atoms with van der Waals surface area (Å²) in [5.41, 5.74) is 9.72.